The van der Waals surface area contributed by atoms with Crippen LogP contribution in [0.25, 0.3) is 42.6 Å². The second-order valence-electron chi connectivity index (χ2n) is 17.7. The third kappa shape index (κ3) is 5.96. The van der Waals surface area contributed by atoms with Crippen LogP contribution in [0.2, 0.25) is 0 Å². The molecule has 4 heterocycles. The summed E-state index contributed by atoms with van der Waals surface area (Å²) in [4.78, 5) is 13.1. The summed E-state index contributed by atoms with van der Waals surface area (Å²) in [6, 6.07) is 90.4. The fourth-order valence-corrected chi connectivity index (χ4v) is 22.7. The Hall–Kier alpha value is -7.95. The van der Waals surface area contributed by atoms with Gasteiger partial charge in [-0.2, -0.15) is 0 Å². The quantitative estimate of drug-likeness (QED) is 0.113. The molecule has 322 valence electrons. The van der Waals surface area contributed by atoms with E-state index in [1.54, 1.807) is 0 Å². The molecule has 4 nitrogen and oxygen atoms in total. The lowest BCUT2D eigenvalue weighted by Gasteiger charge is -2.45. The SMILES string of the molecule is Cn1c(-c2cccc([Si](c3ccccc3)(c3ccccc3)c3cccc(N4c5ccc6sc7ccccc7c6c5[Si](c5ccccc5)(c5ccccc5)c5cccnc54)c3)c2)nc2ccccc21. The van der Waals surface area contributed by atoms with E-state index in [1.165, 1.54) is 67.4 Å². The fourth-order valence-electron chi connectivity index (χ4n) is 11.4. The second kappa shape index (κ2) is 16.1. The van der Waals surface area contributed by atoms with Gasteiger partial charge in [-0.05, 0) is 90.0 Å². The summed E-state index contributed by atoms with van der Waals surface area (Å²) in [5, 5.41) is 13.2. The van der Waals surface area contributed by atoms with Gasteiger partial charge in [0.2, 0.25) is 0 Å². The molecule has 3 aromatic heterocycles. The summed E-state index contributed by atoms with van der Waals surface area (Å²) < 4.78 is 4.83. The van der Waals surface area contributed by atoms with Crippen molar-refractivity contribution < 1.29 is 0 Å². The van der Waals surface area contributed by atoms with Crippen LogP contribution < -0.4 is 46.4 Å². The van der Waals surface area contributed by atoms with Gasteiger partial charge >= 0.3 is 0 Å². The highest BCUT2D eigenvalue weighted by Gasteiger charge is 2.51. The highest BCUT2D eigenvalue weighted by atomic mass is 32.1. The van der Waals surface area contributed by atoms with Crippen molar-refractivity contribution in [2.45, 2.75) is 0 Å². The summed E-state index contributed by atoms with van der Waals surface area (Å²) in [7, 11) is -4.01. The lowest BCUT2D eigenvalue weighted by molar-refractivity contribution is 0.959. The fraction of sp³-hybridized carbons (Fsp3) is 0.0164. The molecule has 7 heteroatoms. The Kier molecular flexibility index (Phi) is 9.57. The van der Waals surface area contributed by atoms with Crippen LogP contribution in [-0.4, -0.2) is 30.7 Å². The van der Waals surface area contributed by atoms with Gasteiger partial charge in [0.05, 0.1) is 11.0 Å². The van der Waals surface area contributed by atoms with Crippen molar-refractivity contribution >= 4 is 117 Å². The van der Waals surface area contributed by atoms with Crippen LogP contribution in [0.3, 0.4) is 0 Å². The molecule has 0 amide bonds. The normalized spacial score (nSPS) is 13.2. The van der Waals surface area contributed by atoms with E-state index in [2.05, 4.69) is 259 Å². The molecule has 0 saturated heterocycles. The first kappa shape index (κ1) is 40.3. The lowest BCUT2D eigenvalue weighted by Crippen LogP contribution is -2.77. The van der Waals surface area contributed by atoms with Gasteiger partial charge in [-0.25, -0.2) is 9.97 Å². The predicted molar refractivity (Wildman–Crippen MR) is 292 cm³/mol. The Morgan fingerprint density at radius 1 is 0.500 bits per heavy atom. The minimum atomic E-state index is -3.08. The average molecular weight is 921 g/mol. The minimum absolute atomic E-state index is 0.954. The van der Waals surface area contributed by atoms with Crippen LogP contribution in [0.4, 0.5) is 17.2 Å². The number of nitrogens with zero attached hydrogens (tertiary/aromatic N) is 4. The zero-order valence-corrected chi connectivity index (χ0v) is 40.2. The Morgan fingerprint density at radius 2 is 1.10 bits per heavy atom. The van der Waals surface area contributed by atoms with Crippen LogP contribution in [0.1, 0.15) is 0 Å². The molecule has 0 atom stereocenters. The standard InChI is InChI=1S/C61H44N4SSi2/c1-64-53-35-16-15-34-52(53)63-60(64)43-21-18-31-49(41-43)67(45-23-6-2-7-24-45,46-25-8-3-9-26-46)50-32-19-22-44(42-50)65-54-38-39-56-58(51-33-14-17-36-55(51)66-56)59(54)68(47-27-10-4-11-28-47,48-29-12-5-13-30-48)57-37-20-40-62-61(57)65/h2-42H,1H3. The maximum absolute atomic E-state index is 5.46. The number of hydrogen-bond donors (Lipinski definition) is 0. The van der Waals surface area contributed by atoms with Gasteiger partial charge in [-0.1, -0.05) is 194 Å². The lowest BCUT2D eigenvalue weighted by atomic mass is 10.1. The second-order valence-corrected chi connectivity index (χ2v) is 26.3. The number of aryl methyl sites for hydroxylation is 1. The largest absolute Gasteiger partial charge is 0.327 e. The van der Waals surface area contributed by atoms with Gasteiger partial charge in [-0.15, -0.1) is 11.3 Å². The number of thiophene rings is 1. The third-order valence-electron chi connectivity index (χ3n) is 14.2. The van der Waals surface area contributed by atoms with Gasteiger partial charge < -0.3 is 4.57 Å². The number of benzene rings is 9. The summed E-state index contributed by atoms with van der Waals surface area (Å²) in [5.41, 5.74) is 5.47. The molecule has 1 aliphatic rings. The summed E-state index contributed by atoms with van der Waals surface area (Å²) >= 11 is 1.89. The molecule has 0 radical (unpaired) electrons. The van der Waals surface area contributed by atoms with Crippen LogP contribution in [-0.2, 0) is 7.05 Å². The van der Waals surface area contributed by atoms with E-state index in [0.717, 1.165) is 33.9 Å². The number of fused-ring (bicyclic) bond motifs is 7. The van der Waals surface area contributed by atoms with Crippen LogP contribution in [0.15, 0.2) is 249 Å². The molecule has 13 rings (SSSR count). The van der Waals surface area contributed by atoms with E-state index in [0.29, 0.717) is 0 Å². The van der Waals surface area contributed by atoms with Crippen molar-refractivity contribution in [2.75, 3.05) is 4.90 Å². The Bertz CT molecular complexity index is 3750. The monoisotopic (exact) mass is 920 g/mol. The number of rotatable bonds is 8. The zero-order chi connectivity index (χ0) is 45.2. The number of pyridine rings is 1. The first-order valence-electron chi connectivity index (χ1n) is 23.2. The molecule has 0 unspecified atom stereocenters. The summed E-state index contributed by atoms with van der Waals surface area (Å²) in [6.45, 7) is 0. The maximum atomic E-state index is 5.46. The highest BCUT2D eigenvalue weighted by Crippen LogP contribution is 2.43. The van der Waals surface area contributed by atoms with Crippen molar-refractivity contribution in [3.63, 3.8) is 0 Å². The molecule has 0 N–H and O–H groups in total. The van der Waals surface area contributed by atoms with Crippen molar-refractivity contribution in [1.29, 1.82) is 0 Å². The smallest absolute Gasteiger partial charge is 0.187 e. The van der Waals surface area contributed by atoms with Gasteiger partial charge in [-0.3, -0.25) is 4.90 Å². The number of imidazole rings is 1. The van der Waals surface area contributed by atoms with Crippen molar-refractivity contribution in [2.24, 2.45) is 7.05 Å². The maximum Gasteiger partial charge on any atom is 0.187 e. The van der Waals surface area contributed by atoms with Crippen molar-refractivity contribution in [1.82, 2.24) is 14.5 Å². The molecule has 9 aromatic carbocycles. The van der Waals surface area contributed by atoms with Crippen LogP contribution >= 0.6 is 11.3 Å². The number of aromatic nitrogens is 3. The molecule has 0 bridgehead atoms. The van der Waals surface area contributed by atoms with Gasteiger partial charge in [0, 0.05) is 50.4 Å². The van der Waals surface area contributed by atoms with E-state index in [4.69, 9.17) is 9.97 Å². The van der Waals surface area contributed by atoms with Crippen LogP contribution in [0, 0.1) is 0 Å². The zero-order valence-electron chi connectivity index (χ0n) is 37.4. The molecule has 12 aromatic rings. The Morgan fingerprint density at radius 3 is 1.81 bits per heavy atom. The first-order valence-corrected chi connectivity index (χ1v) is 28.0. The Balaban J connectivity index is 1.12. The number of hydrogen-bond acceptors (Lipinski definition) is 4. The molecule has 68 heavy (non-hydrogen) atoms. The predicted octanol–water partition coefficient (Wildman–Crippen LogP) is 9.54. The highest BCUT2D eigenvalue weighted by molar-refractivity contribution is 7.28. The molecular weight excluding hydrogens is 877 g/mol. The molecule has 1 aliphatic heterocycles. The molecule has 0 aliphatic carbocycles. The molecule has 0 saturated carbocycles. The third-order valence-corrected chi connectivity index (χ3v) is 25.0. The van der Waals surface area contributed by atoms with E-state index in [9.17, 15) is 0 Å². The molecular formula is C61H44N4SSi2. The van der Waals surface area contributed by atoms with Gasteiger partial charge in [0.1, 0.15) is 11.6 Å². The van der Waals surface area contributed by atoms with Gasteiger partial charge in [0.15, 0.2) is 16.1 Å². The average Bonchev–Trinajstić information content (AvgIpc) is 3.97. The van der Waals surface area contributed by atoms with E-state index in [-0.39, 0.29) is 0 Å². The van der Waals surface area contributed by atoms with E-state index < -0.39 is 16.1 Å². The van der Waals surface area contributed by atoms with E-state index >= 15 is 0 Å². The topological polar surface area (TPSA) is 34.0 Å². The number of para-hydroxylation sites is 2. The minimum Gasteiger partial charge on any atom is -0.327 e. The van der Waals surface area contributed by atoms with Crippen LogP contribution in [0.5, 0.6) is 0 Å². The summed E-state index contributed by atoms with van der Waals surface area (Å²) in [5.74, 6) is 1.93. The summed E-state index contributed by atoms with van der Waals surface area (Å²) in [6.07, 6.45) is 1.98. The Labute approximate surface area is 401 Å². The first-order chi connectivity index (χ1) is 33.7. The molecule has 0 spiro atoms. The molecule has 0 fully saturated rings. The number of anilines is 3. The van der Waals surface area contributed by atoms with Crippen molar-refractivity contribution in [3.8, 4) is 11.4 Å². The van der Waals surface area contributed by atoms with Crippen molar-refractivity contribution in [3.05, 3.63) is 249 Å². The van der Waals surface area contributed by atoms with E-state index in [1.807, 2.05) is 17.5 Å². The van der Waals surface area contributed by atoms with Gasteiger partial charge in [0.25, 0.3) is 0 Å².